The smallest absolute Gasteiger partial charge is 0.306 e. The van der Waals surface area contributed by atoms with Crippen molar-refractivity contribution < 1.29 is 10.0 Å². The third kappa shape index (κ3) is 4.35. The van der Waals surface area contributed by atoms with E-state index in [9.17, 15) is 15.2 Å². The molecule has 7 nitrogen and oxygen atoms in total. The second kappa shape index (κ2) is 7.30. The third-order valence-electron chi connectivity index (χ3n) is 3.12. The van der Waals surface area contributed by atoms with Gasteiger partial charge in [-0.3, -0.25) is 14.8 Å². The number of aliphatic hydroxyl groups is 1. The number of nitro groups is 1. The molecule has 0 radical (unpaired) electrons. The van der Waals surface area contributed by atoms with Gasteiger partial charge in [-0.1, -0.05) is 13.0 Å². The maximum atomic E-state index is 10.6. The number of aromatic nitrogens is 2. The van der Waals surface area contributed by atoms with Crippen molar-refractivity contribution in [3.05, 3.63) is 44.9 Å². The highest BCUT2D eigenvalue weighted by Gasteiger charge is 2.14. The first kappa shape index (κ1) is 15.6. The number of thiophene rings is 1. The predicted octanol–water partition coefficient (Wildman–Crippen LogP) is 1.95. The van der Waals surface area contributed by atoms with Gasteiger partial charge < -0.3 is 10.4 Å². The molecule has 2 aromatic rings. The van der Waals surface area contributed by atoms with E-state index in [1.807, 2.05) is 11.4 Å². The van der Waals surface area contributed by atoms with Crippen molar-refractivity contribution in [2.75, 3.05) is 6.54 Å². The summed E-state index contributed by atoms with van der Waals surface area (Å²) in [5.74, 6) is 0. The Hall–Kier alpha value is -1.77. The molecule has 2 heterocycles. The first-order valence-electron chi connectivity index (χ1n) is 6.71. The monoisotopic (exact) mass is 310 g/mol. The zero-order valence-electron chi connectivity index (χ0n) is 11.7. The van der Waals surface area contributed by atoms with Gasteiger partial charge in [0.05, 0.1) is 17.6 Å². The Morgan fingerprint density at radius 3 is 3.00 bits per heavy atom. The molecule has 0 aliphatic rings. The summed E-state index contributed by atoms with van der Waals surface area (Å²) >= 11 is 1.68. The zero-order valence-corrected chi connectivity index (χ0v) is 12.5. The maximum absolute atomic E-state index is 10.6. The number of hydrogen-bond donors (Lipinski definition) is 2. The van der Waals surface area contributed by atoms with Crippen molar-refractivity contribution in [3.8, 4) is 0 Å². The predicted molar refractivity (Wildman–Crippen MR) is 80.2 cm³/mol. The van der Waals surface area contributed by atoms with Gasteiger partial charge in [-0.2, -0.15) is 5.10 Å². The lowest BCUT2D eigenvalue weighted by Crippen LogP contribution is -2.32. The maximum Gasteiger partial charge on any atom is 0.306 e. The summed E-state index contributed by atoms with van der Waals surface area (Å²) in [6.45, 7) is 2.71. The van der Waals surface area contributed by atoms with Crippen molar-refractivity contribution in [2.24, 2.45) is 0 Å². The quantitative estimate of drug-likeness (QED) is 0.574. The summed E-state index contributed by atoms with van der Waals surface area (Å²) in [6, 6.07) is 4.28. The fourth-order valence-corrected chi connectivity index (χ4v) is 2.93. The van der Waals surface area contributed by atoms with E-state index < -0.39 is 11.0 Å². The van der Waals surface area contributed by atoms with Crippen molar-refractivity contribution in [1.29, 1.82) is 0 Å². The minimum atomic E-state index is -0.654. The summed E-state index contributed by atoms with van der Waals surface area (Å²) in [5, 5.41) is 29.8. The number of nitrogens with one attached hydrogen (secondary N) is 1. The molecule has 0 saturated heterocycles. The van der Waals surface area contributed by atoms with Gasteiger partial charge in [0.15, 0.2) is 0 Å². The van der Waals surface area contributed by atoms with Crippen LogP contribution in [-0.2, 0) is 6.54 Å². The highest BCUT2D eigenvalue weighted by Crippen LogP contribution is 2.21. The lowest BCUT2D eigenvalue weighted by molar-refractivity contribution is -0.385. The van der Waals surface area contributed by atoms with Crippen molar-refractivity contribution in [3.63, 3.8) is 0 Å². The number of nitrogens with zero attached hydrogens (tertiary/aromatic N) is 3. The Morgan fingerprint density at radius 2 is 2.43 bits per heavy atom. The van der Waals surface area contributed by atoms with Crippen LogP contribution in [0.15, 0.2) is 29.9 Å². The van der Waals surface area contributed by atoms with Crippen molar-refractivity contribution >= 4 is 17.0 Å². The Labute approximate surface area is 126 Å². The van der Waals surface area contributed by atoms with Crippen LogP contribution in [0.2, 0.25) is 0 Å². The lowest BCUT2D eigenvalue weighted by atomic mass is 10.2. The molecule has 2 N–H and O–H groups in total. The van der Waals surface area contributed by atoms with Gasteiger partial charge >= 0.3 is 5.69 Å². The Bertz CT molecular complexity index is 570. The standard InChI is InChI=1S/C13H18N4O3S/c1-2-12(13-4-3-5-21-13)14-7-11(18)9-16-8-10(6-15-16)17(19)20/h3-6,8,11-12,14,18H,2,7,9H2,1H3. The van der Waals surface area contributed by atoms with E-state index in [-0.39, 0.29) is 18.3 Å². The van der Waals surface area contributed by atoms with Gasteiger partial charge in [0.1, 0.15) is 12.4 Å². The zero-order chi connectivity index (χ0) is 15.2. The summed E-state index contributed by atoms with van der Waals surface area (Å²) in [4.78, 5) is 11.3. The largest absolute Gasteiger partial charge is 0.390 e. The molecular formula is C13H18N4O3S. The van der Waals surface area contributed by atoms with Crippen LogP contribution in [0.1, 0.15) is 24.3 Å². The van der Waals surface area contributed by atoms with E-state index in [2.05, 4.69) is 23.4 Å². The van der Waals surface area contributed by atoms with E-state index in [1.165, 1.54) is 22.0 Å². The lowest BCUT2D eigenvalue weighted by Gasteiger charge is -2.18. The summed E-state index contributed by atoms with van der Waals surface area (Å²) < 4.78 is 1.39. The highest BCUT2D eigenvalue weighted by atomic mass is 32.1. The Balaban J connectivity index is 1.83. The van der Waals surface area contributed by atoms with Gasteiger partial charge in [-0.05, 0) is 17.9 Å². The first-order valence-corrected chi connectivity index (χ1v) is 7.59. The van der Waals surface area contributed by atoms with Crippen LogP contribution in [0.25, 0.3) is 0 Å². The molecule has 0 aromatic carbocycles. The third-order valence-corrected chi connectivity index (χ3v) is 4.11. The van der Waals surface area contributed by atoms with Crippen LogP contribution in [0.3, 0.4) is 0 Å². The second-order valence-electron chi connectivity index (χ2n) is 4.72. The Kier molecular flexibility index (Phi) is 5.43. The molecule has 21 heavy (non-hydrogen) atoms. The molecule has 0 spiro atoms. The minimum Gasteiger partial charge on any atom is -0.390 e. The van der Waals surface area contributed by atoms with E-state index >= 15 is 0 Å². The van der Waals surface area contributed by atoms with Crippen molar-refractivity contribution in [2.45, 2.75) is 32.0 Å². The molecule has 2 rings (SSSR count). The van der Waals surface area contributed by atoms with Crippen LogP contribution in [0, 0.1) is 10.1 Å². The second-order valence-corrected chi connectivity index (χ2v) is 5.70. The van der Waals surface area contributed by atoms with Crippen LogP contribution >= 0.6 is 11.3 Å². The van der Waals surface area contributed by atoms with Crippen LogP contribution < -0.4 is 5.32 Å². The average Bonchev–Trinajstić information content (AvgIpc) is 3.10. The first-order chi connectivity index (χ1) is 10.1. The average molecular weight is 310 g/mol. The molecule has 0 bridgehead atoms. The van der Waals surface area contributed by atoms with Gasteiger partial charge in [-0.15, -0.1) is 11.3 Å². The number of hydrogen-bond acceptors (Lipinski definition) is 6. The molecular weight excluding hydrogens is 292 g/mol. The molecule has 0 fully saturated rings. The molecule has 2 unspecified atom stereocenters. The molecule has 114 valence electrons. The fraction of sp³-hybridized carbons (Fsp3) is 0.462. The van der Waals surface area contributed by atoms with Crippen molar-refractivity contribution in [1.82, 2.24) is 15.1 Å². The van der Waals surface area contributed by atoms with E-state index in [4.69, 9.17) is 0 Å². The summed E-state index contributed by atoms with van der Waals surface area (Å²) in [5.41, 5.74) is -0.0693. The molecule has 0 aliphatic heterocycles. The Morgan fingerprint density at radius 1 is 1.62 bits per heavy atom. The number of aliphatic hydroxyl groups excluding tert-OH is 1. The van der Waals surface area contributed by atoms with Gasteiger partial charge in [0.25, 0.3) is 0 Å². The highest BCUT2D eigenvalue weighted by molar-refractivity contribution is 7.10. The van der Waals surface area contributed by atoms with E-state index in [0.29, 0.717) is 6.54 Å². The van der Waals surface area contributed by atoms with Gasteiger partial charge in [0.2, 0.25) is 0 Å². The van der Waals surface area contributed by atoms with Crippen LogP contribution in [0.4, 0.5) is 5.69 Å². The minimum absolute atomic E-state index is 0.0693. The molecule has 2 aromatic heterocycles. The summed E-state index contributed by atoms with van der Waals surface area (Å²) in [6.07, 6.45) is 2.78. The number of rotatable bonds is 8. The molecule has 8 heteroatoms. The molecule has 0 aliphatic carbocycles. The SMILES string of the molecule is CCC(NCC(O)Cn1cc([N+](=O)[O-])cn1)c1cccs1. The van der Waals surface area contributed by atoms with E-state index in [0.717, 1.165) is 6.42 Å². The summed E-state index contributed by atoms with van der Waals surface area (Å²) in [7, 11) is 0. The molecule has 0 amide bonds. The normalized spacial score (nSPS) is 14.0. The van der Waals surface area contributed by atoms with E-state index in [1.54, 1.807) is 11.3 Å². The fourth-order valence-electron chi connectivity index (χ4n) is 2.04. The van der Waals surface area contributed by atoms with Crippen LogP contribution in [0.5, 0.6) is 0 Å². The molecule has 0 saturated carbocycles. The molecule has 2 atom stereocenters. The van der Waals surface area contributed by atoms with Gasteiger partial charge in [0, 0.05) is 17.5 Å². The van der Waals surface area contributed by atoms with Crippen LogP contribution in [-0.4, -0.2) is 32.5 Å². The topological polar surface area (TPSA) is 93.2 Å². The van der Waals surface area contributed by atoms with Gasteiger partial charge in [-0.25, -0.2) is 0 Å².